The number of thioether (sulfide) groups is 1. The molecule has 0 saturated carbocycles. The van der Waals surface area contributed by atoms with Crippen molar-refractivity contribution in [3.63, 3.8) is 0 Å². The summed E-state index contributed by atoms with van der Waals surface area (Å²) in [4.78, 5) is 22.1. The number of carbonyl (C=O) groups is 1. The molecule has 1 unspecified atom stereocenters. The number of carbonyl (C=O) groups excluding carboxylic acids is 1. The number of para-hydroxylation sites is 1. The predicted molar refractivity (Wildman–Crippen MR) is 103 cm³/mol. The third-order valence-corrected chi connectivity index (χ3v) is 5.82. The lowest BCUT2D eigenvalue weighted by atomic mass is 9.83. The van der Waals surface area contributed by atoms with Crippen LogP contribution in [0.15, 0.2) is 53.5 Å². The van der Waals surface area contributed by atoms with Gasteiger partial charge in [-0.3, -0.25) is 4.79 Å². The van der Waals surface area contributed by atoms with Crippen LogP contribution in [0.1, 0.15) is 32.0 Å². The highest BCUT2D eigenvalue weighted by Gasteiger charge is 2.39. The zero-order chi connectivity index (χ0) is 20.7. The molecule has 1 aromatic carbocycles. The van der Waals surface area contributed by atoms with Gasteiger partial charge in [0.05, 0.1) is 5.25 Å². The van der Waals surface area contributed by atoms with Gasteiger partial charge in [0.15, 0.2) is 10.9 Å². The van der Waals surface area contributed by atoms with Gasteiger partial charge in [-0.1, -0.05) is 43.8 Å². The summed E-state index contributed by atoms with van der Waals surface area (Å²) in [5.74, 6) is -0.200. The van der Waals surface area contributed by atoms with Crippen molar-refractivity contribution in [2.75, 3.05) is 11.9 Å². The van der Waals surface area contributed by atoms with Crippen LogP contribution in [0.25, 0.3) is 0 Å². The highest BCUT2D eigenvalue weighted by molar-refractivity contribution is 8.00. The molecule has 0 radical (unpaired) electrons. The molecular formula is C20H20F3N3OS. The lowest BCUT2D eigenvalue weighted by Crippen LogP contribution is -2.25. The number of aromatic nitrogens is 2. The Hall–Kier alpha value is -2.35. The van der Waals surface area contributed by atoms with E-state index < -0.39 is 17.1 Å². The fourth-order valence-corrected chi connectivity index (χ4v) is 4.06. The summed E-state index contributed by atoms with van der Waals surface area (Å²) in [7, 11) is 1.90. The van der Waals surface area contributed by atoms with Crippen molar-refractivity contribution in [1.29, 1.82) is 0 Å². The second-order valence-electron chi connectivity index (χ2n) is 7.12. The van der Waals surface area contributed by atoms with E-state index in [1.165, 1.54) is 0 Å². The highest BCUT2D eigenvalue weighted by atomic mass is 32.2. The minimum absolute atomic E-state index is 0.0728. The summed E-state index contributed by atoms with van der Waals surface area (Å²) in [5.41, 5.74) is 1.63. The molecule has 4 nitrogen and oxygen atoms in total. The Morgan fingerprint density at radius 1 is 1.25 bits per heavy atom. The molecule has 148 valence electrons. The number of fused-ring (bicyclic) bond motifs is 1. The zero-order valence-corrected chi connectivity index (χ0v) is 16.7. The van der Waals surface area contributed by atoms with Crippen molar-refractivity contribution >= 4 is 23.2 Å². The molecule has 0 amide bonds. The molecule has 1 aliphatic rings. The van der Waals surface area contributed by atoms with Gasteiger partial charge in [-0.25, -0.2) is 9.97 Å². The van der Waals surface area contributed by atoms with E-state index in [2.05, 4.69) is 9.97 Å². The molecule has 2 aromatic rings. The largest absolute Gasteiger partial charge is 0.433 e. The molecule has 0 bridgehead atoms. The number of halogens is 3. The third-order valence-electron chi connectivity index (χ3n) is 4.83. The van der Waals surface area contributed by atoms with Crippen LogP contribution >= 0.6 is 11.8 Å². The normalized spacial score (nSPS) is 18.2. The molecule has 0 saturated heterocycles. The van der Waals surface area contributed by atoms with Crippen LogP contribution in [0, 0.1) is 0 Å². The fraction of sp³-hybridized carbons (Fsp3) is 0.350. The first kappa shape index (κ1) is 20.4. The number of allylic oxidation sites excluding steroid dienone is 2. The Morgan fingerprint density at radius 3 is 2.57 bits per heavy atom. The van der Waals surface area contributed by atoms with E-state index in [1.807, 2.05) is 50.1 Å². The van der Waals surface area contributed by atoms with E-state index >= 15 is 0 Å². The van der Waals surface area contributed by atoms with Crippen molar-refractivity contribution in [3.05, 3.63) is 59.6 Å². The lowest BCUT2D eigenvalue weighted by Gasteiger charge is -2.24. The van der Waals surface area contributed by atoms with Crippen molar-refractivity contribution in [2.45, 2.75) is 42.8 Å². The summed E-state index contributed by atoms with van der Waals surface area (Å²) in [6, 6.07) is 8.75. The van der Waals surface area contributed by atoms with Gasteiger partial charge in [0.1, 0.15) is 5.69 Å². The molecule has 2 heterocycles. The quantitative estimate of drug-likeness (QED) is 0.412. The fourth-order valence-electron chi connectivity index (χ4n) is 3.28. The Bertz CT molecular complexity index is 940. The number of anilines is 1. The maximum Gasteiger partial charge on any atom is 0.433 e. The zero-order valence-electron chi connectivity index (χ0n) is 15.9. The third kappa shape index (κ3) is 3.78. The highest BCUT2D eigenvalue weighted by Crippen LogP contribution is 2.46. The van der Waals surface area contributed by atoms with Crippen LogP contribution in [-0.4, -0.2) is 28.0 Å². The number of hydrogen-bond donors (Lipinski definition) is 0. The van der Waals surface area contributed by atoms with Crippen LogP contribution < -0.4 is 4.90 Å². The lowest BCUT2D eigenvalue weighted by molar-refractivity contribution is -0.141. The summed E-state index contributed by atoms with van der Waals surface area (Å²) >= 11 is 0.916. The minimum Gasteiger partial charge on any atom is -0.347 e. The van der Waals surface area contributed by atoms with E-state index in [0.29, 0.717) is 0 Å². The first-order valence-electron chi connectivity index (χ1n) is 8.68. The van der Waals surface area contributed by atoms with E-state index in [9.17, 15) is 18.0 Å². The van der Waals surface area contributed by atoms with Gasteiger partial charge in [-0.15, -0.1) is 0 Å². The first-order valence-corrected chi connectivity index (χ1v) is 9.56. The molecule has 1 aliphatic heterocycles. The van der Waals surface area contributed by atoms with Crippen molar-refractivity contribution < 1.29 is 18.0 Å². The van der Waals surface area contributed by atoms with Gasteiger partial charge in [-0.2, -0.15) is 13.2 Å². The molecule has 3 rings (SSSR count). The number of nitrogens with zero attached hydrogens (tertiary/aromatic N) is 3. The molecule has 8 heteroatoms. The Labute approximate surface area is 165 Å². The molecule has 0 aliphatic carbocycles. The van der Waals surface area contributed by atoms with Crippen LogP contribution in [-0.2, 0) is 16.4 Å². The number of hydrogen-bond acceptors (Lipinski definition) is 5. The maximum absolute atomic E-state index is 12.8. The smallest absolute Gasteiger partial charge is 0.347 e. The second-order valence-corrected chi connectivity index (χ2v) is 8.42. The Balaban J connectivity index is 1.82. The van der Waals surface area contributed by atoms with E-state index in [-0.39, 0.29) is 16.4 Å². The van der Waals surface area contributed by atoms with E-state index in [4.69, 9.17) is 0 Å². The summed E-state index contributed by atoms with van der Waals surface area (Å²) < 4.78 is 38.4. The molecule has 0 N–H and O–H groups in total. The topological polar surface area (TPSA) is 46.1 Å². The van der Waals surface area contributed by atoms with Gasteiger partial charge in [-0.05, 0) is 24.6 Å². The summed E-state index contributed by atoms with van der Waals surface area (Å²) in [6.07, 6.45) is -1.92. The van der Waals surface area contributed by atoms with Gasteiger partial charge in [0.25, 0.3) is 0 Å². The van der Waals surface area contributed by atoms with Crippen molar-refractivity contribution in [2.24, 2.45) is 0 Å². The predicted octanol–water partition coefficient (Wildman–Crippen LogP) is 4.86. The summed E-state index contributed by atoms with van der Waals surface area (Å²) in [5, 5.41) is -0.694. The molecule has 0 fully saturated rings. The van der Waals surface area contributed by atoms with E-state index in [0.717, 1.165) is 41.0 Å². The van der Waals surface area contributed by atoms with Crippen LogP contribution in [0.5, 0.6) is 0 Å². The number of rotatable bonds is 4. The van der Waals surface area contributed by atoms with Crippen LogP contribution in [0.3, 0.4) is 0 Å². The molecule has 1 aromatic heterocycles. The molecule has 28 heavy (non-hydrogen) atoms. The molecule has 0 spiro atoms. The first-order chi connectivity index (χ1) is 13.0. The summed E-state index contributed by atoms with van der Waals surface area (Å²) in [6.45, 7) is 5.73. The van der Waals surface area contributed by atoms with Crippen LogP contribution in [0.4, 0.5) is 18.9 Å². The van der Waals surface area contributed by atoms with Crippen molar-refractivity contribution in [3.8, 4) is 0 Å². The Kier molecular flexibility index (Phi) is 5.27. The SMILES string of the molecule is CC(Sc1nccc(C(F)(F)F)n1)C(=O)/C=C1/N(C)c2ccccc2C1(C)C. The Morgan fingerprint density at radius 2 is 1.93 bits per heavy atom. The monoisotopic (exact) mass is 407 g/mol. The number of ketones is 1. The van der Waals surface area contributed by atoms with E-state index in [1.54, 1.807) is 13.0 Å². The van der Waals surface area contributed by atoms with Gasteiger partial charge in [0, 0.05) is 36.1 Å². The van der Waals surface area contributed by atoms with Gasteiger partial charge >= 0.3 is 6.18 Å². The average molecular weight is 407 g/mol. The van der Waals surface area contributed by atoms with Crippen molar-refractivity contribution in [1.82, 2.24) is 9.97 Å². The molecule has 1 atom stereocenters. The van der Waals surface area contributed by atoms with Gasteiger partial charge < -0.3 is 4.90 Å². The number of benzene rings is 1. The minimum atomic E-state index is -4.55. The average Bonchev–Trinajstić information content (AvgIpc) is 2.82. The van der Waals surface area contributed by atoms with Gasteiger partial charge in [0.2, 0.25) is 0 Å². The van der Waals surface area contributed by atoms with Crippen LogP contribution in [0.2, 0.25) is 0 Å². The maximum atomic E-state index is 12.8. The number of alkyl halides is 3. The number of likely N-dealkylation sites (N-methyl/N-ethyl adjacent to an activating group) is 1. The standard InChI is InChI=1S/C20H20F3N3OS/c1-12(28-18-24-10-9-16(25-18)20(21,22)23)15(27)11-17-19(2,3)13-7-5-6-8-14(13)26(17)4/h5-12H,1-4H3/b17-11+. The second kappa shape index (κ2) is 7.24. The molecular weight excluding hydrogens is 387 g/mol.